The number of aromatic nitrogens is 3. The summed E-state index contributed by atoms with van der Waals surface area (Å²) >= 11 is 5.95. The monoisotopic (exact) mass is 428 g/mol. The molecule has 1 aliphatic rings. The summed E-state index contributed by atoms with van der Waals surface area (Å²) in [4.78, 5) is 15.8. The van der Waals surface area contributed by atoms with E-state index >= 15 is 0 Å². The van der Waals surface area contributed by atoms with Crippen LogP contribution in [0.25, 0.3) is 17.0 Å². The van der Waals surface area contributed by atoms with Gasteiger partial charge in [-0.1, -0.05) is 30.9 Å². The van der Waals surface area contributed by atoms with Gasteiger partial charge in [0.1, 0.15) is 17.2 Å². The Morgan fingerprint density at radius 2 is 2.07 bits per heavy atom. The first-order chi connectivity index (χ1) is 14.4. The molecule has 9 heteroatoms. The van der Waals surface area contributed by atoms with Crippen molar-refractivity contribution in [3.05, 3.63) is 64.3 Å². The summed E-state index contributed by atoms with van der Waals surface area (Å²) in [5.74, 6) is -0.434. The standard InChI is InChI=1S/C21H22ClFN6O/c22-14-10-13(4-5-15(14)23)19(24)20(26-9-8-12-2-1-3-12)16-6-7-18-27-11-17(21(25)30)29(18)28-16/h4-7,10-12,26H,1-3,8-9,24H2,(H2,25,30)/b20-19-. The van der Waals surface area contributed by atoms with Crippen LogP contribution in [0.2, 0.25) is 5.02 Å². The zero-order valence-electron chi connectivity index (χ0n) is 16.2. The van der Waals surface area contributed by atoms with Crippen LogP contribution in [0.4, 0.5) is 4.39 Å². The van der Waals surface area contributed by atoms with E-state index in [1.165, 1.54) is 42.1 Å². The molecule has 1 aromatic carbocycles. The van der Waals surface area contributed by atoms with E-state index in [2.05, 4.69) is 15.4 Å². The Hall–Kier alpha value is -3.13. The minimum Gasteiger partial charge on any atom is -0.397 e. The lowest BCUT2D eigenvalue weighted by Gasteiger charge is -2.26. The van der Waals surface area contributed by atoms with Crippen molar-refractivity contribution in [3.8, 4) is 0 Å². The van der Waals surface area contributed by atoms with Crippen molar-refractivity contribution in [3.63, 3.8) is 0 Å². The zero-order chi connectivity index (χ0) is 21.3. The Labute approximate surface area is 177 Å². The van der Waals surface area contributed by atoms with Crippen molar-refractivity contribution in [2.24, 2.45) is 17.4 Å². The molecule has 3 aromatic rings. The number of hydrogen-bond acceptors (Lipinski definition) is 5. The van der Waals surface area contributed by atoms with E-state index in [0.717, 1.165) is 6.42 Å². The maximum Gasteiger partial charge on any atom is 0.269 e. The Morgan fingerprint density at radius 3 is 2.73 bits per heavy atom. The van der Waals surface area contributed by atoms with E-state index in [1.54, 1.807) is 18.2 Å². The molecule has 30 heavy (non-hydrogen) atoms. The average Bonchev–Trinajstić information content (AvgIpc) is 3.12. The summed E-state index contributed by atoms with van der Waals surface area (Å²) in [6, 6.07) is 7.80. The van der Waals surface area contributed by atoms with E-state index < -0.39 is 11.7 Å². The molecular formula is C21H22ClFN6O. The van der Waals surface area contributed by atoms with Crippen LogP contribution < -0.4 is 16.8 Å². The van der Waals surface area contributed by atoms with Gasteiger partial charge < -0.3 is 16.8 Å². The third-order valence-corrected chi connectivity index (χ3v) is 5.74. The summed E-state index contributed by atoms with van der Waals surface area (Å²) in [5, 5.41) is 7.88. The number of nitrogens with two attached hydrogens (primary N) is 2. The Kier molecular flexibility index (Phi) is 5.59. The SMILES string of the molecule is NC(=O)c1cnc2ccc(/C(NCCC3CCC3)=C(/N)c3ccc(F)c(Cl)c3)nn12. The maximum atomic E-state index is 13.6. The predicted molar refractivity (Wildman–Crippen MR) is 114 cm³/mol. The first-order valence-electron chi connectivity index (χ1n) is 9.78. The smallest absolute Gasteiger partial charge is 0.269 e. The molecule has 0 aliphatic heterocycles. The van der Waals surface area contributed by atoms with Gasteiger partial charge in [-0.2, -0.15) is 5.10 Å². The molecule has 0 atom stereocenters. The van der Waals surface area contributed by atoms with E-state index in [9.17, 15) is 9.18 Å². The third-order valence-electron chi connectivity index (χ3n) is 5.45. The van der Waals surface area contributed by atoms with Crippen molar-refractivity contribution < 1.29 is 9.18 Å². The van der Waals surface area contributed by atoms with Gasteiger partial charge >= 0.3 is 0 Å². The van der Waals surface area contributed by atoms with Crippen LogP contribution in [-0.4, -0.2) is 27.0 Å². The maximum absolute atomic E-state index is 13.6. The molecule has 156 valence electrons. The molecule has 1 aliphatic carbocycles. The molecule has 0 bridgehead atoms. The lowest BCUT2D eigenvalue weighted by molar-refractivity contribution is 0.0993. The molecule has 2 heterocycles. The second-order valence-electron chi connectivity index (χ2n) is 7.43. The van der Waals surface area contributed by atoms with Crippen LogP contribution in [-0.2, 0) is 0 Å². The number of nitrogens with zero attached hydrogens (tertiary/aromatic N) is 3. The Morgan fingerprint density at radius 1 is 1.27 bits per heavy atom. The second-order valence-corrected chi connectivity index (χ2v) is 7.83. The lowest BCUT2D eigenvalue weighted by Crippen LogP contribution is -2.24. The van der Waals surface area contributed by atoms with Crippen LogP contribution in [0.15, 0.2) is 36.5 Å². The van der Waals surface area contributed by atoms with E-state index in [0.29, 0.717) is 40.8 Å². The van der Waals surface area contributed by atoms with Gasteiger partial charge in [0.2, 0.25) is 0 Å². The van der Waals surface area contributed by atoms with Crippen molar-refractivity contribution in [1.29, 1.82) is 0 Å². The van der Waals surface area contributed by atoms with Crippen molar-refractivity contribution in [2.45, 2.75) is 25.7 Å². The molecule has 1 saturated carbocycles. The Bertz CT molecular complexity index is 1140. The topological polar surface area (TPSA) is 111 Å². The molecule has 0 saturated heterocycles. The van der Waals surface area contributed by atoms with E-state index in [4.69, 9.17) is 23.1 Å². The summed E-state index contributed by atoms with van der Waals surface area (Å²) in [7, 11) is 0. The number of primary amides is 1. The zero-order valence-corrected chi connectivity index (χ0v) is 17.0. The number of amides is 1. The van der Waals surface area contributed by atoms with Crippen LogP contribution in [0.3, 0.4) is 0 Å². The van der Waals surface area contributed by atoms with Gasteiger partial charge in [0.25, 0.3) is 5.91 Å². The molecule has 5 N–H and O–H groups in total. The van der Waals surface area contributed by atoms with Gasteiger partial charge in [0.15, 0.2) is 5.65 Å². The highest BCUT2D eigenvalue weighted by Gasteiger charge is 2.19. The molecule has 0 unspecified atom stereocenters. The number of carbonyl (C=O) groups is 1. The molecule has 1 amide bonds. The fourth-order valence-electron chi connectivity index (χ4n) is 3.49. The van der Waals surface area contributed by atoms with Gasteiger partial charge in [-0.15, -0.1) is 0 Å². The summed E-state index contributed by atoms with van der Waals surface area (Å²) in [6.07, 6.45) is 6.15. The largest absolute Gasteiger partial charge is 0.397 e. The normalized spacial score (nSPS) is 15.0. The number of carbonyl (C=O) groups excluding carboxylic acids is 1. The number of hydrogen-bond donors (Lipinski definition) is 3. The molecule has 0 radical (unpaired) electrons. The summed E-state index contributed by atoms with van der Waals surface area (Å²) < 4.78 is 15.0. The van der Waals surface area contributed by atoms with E-state index in [1.807, 2.05) is 0 Å². The molecule has 0 spiro atoms. The van der Waals surface area contributed by atoms with Crippen molar-refractivity contribution in [2.75, 3.05) is 6.54 Å². The van der Waals surface area contributed by atoms with Gasteiger partial charge in [0.05, 0.1) is 22.6 Å². The third kappa shape index (κ3) is 3.95. The van der Waals surface area contributed by atoms with Crippen molar-refractivity contribution >= 4 is 34.5 Å². The number of imidazole rings is 1. The minimum atomic E-state index is -0.631. The number of halogens is 2. The van der Waals surface area contributed by atoms with Crippen LogP contribution in [0, 0.1) is 11.7 Å². The van der Waals surface area contributed by atoms with Gasteiger partial charge in [-0.3, -0.25) is 4.79 Å². The number of rotatable bonds is 7. The van der Waals surface area contributed by atoms with Crippen LogP contribution in [0.1, 0.15) is 47.4 Å². The molecule has 4 rings (SSSR count). The number of benzene rings is 1. The molecule has 1 fully saturated rings. The number of nitrogens with one attached hydrogen (secondary N) is 1. The highest BCUT2D eigenvalue weighted by atomic mass is 35.5. The summed E-state index contributed by atoms with van der Waals surface area (Å²) in [5.41, 5.74) is 14.6. The average molecular weight is 429 g/mol. The first kappa shape index (κ1) is 20.2. The fourth-order valence-corrected chi connectivity index (χ4v) is 3.67. The lowest BCUT2D eigenvalue weighted by atomic mass is 9.83. The molecular weight excluding hydrogens is 407 g/mol. The predicted octanol–water partition coefficient (Wildman–Crippen LogP) is 3.19. The van der Waals surface area contributed by atoms with Crippen LogP contribution in [0.5, 0.6) is 0 Å². The van der Waals surface area contributed by atoms with Gasteiger partial charge in [-0.25, -0.2) is 13.9 Å². The quantitative estimate of drug-likeness (QED) is 0.535. The van der Waals surface area contributed by atoms with E-state index in [-0.39, 0.29) is 10.7 Å². The molecule has 2 aromatic heterocycles. The van der Waals surface area contributed by atoms with Gasteiger partial charge in [-0.05, 0) is 42.7 Å². The highest BCUT2D eigenvalue weighted by molar-refractivity contribution is 6.30. The Balaban J connectivity index is 1.75. The van der Waals surface area contributed by atoms with Gasteiger partial charge in [0, 0.05) is 12.1 Å². The summed E-state index contributed by atoms with van der Waals surface area (Å²) in [6.45, 7) is 0.710. The number of fused-ring (bicyclic) bond motifs is 1. The second kappa shape index (κ2) is 8.31. The fraction of sp³-hybridized carbons (Fsp3) is 0.286. The highest BCUT2D eigenvalue weighted by Crippen LogP contribution is 2.29. The van der Waals surface area contributed by atoms with Crippen LogP contribution >= 0.6 is 11.6 Å². The first-order valence-corrected chi connectivity index (χ1v) is 10.2. The minimum absolute atomic E-state index is 0.0155. The van der Waals surface area contributed by atoms with Crippen molar-refractivity contribution in [1.82, 2.24) is 19.9 Å². The molecule has 7 nitrogen and oxygen atoms in total.